The second-order valence-electron chi connectivity index (χ2n) is 3.78. The fraction of sp³-hybridized carbons (Fsp3) is 0.0625. The predicted molar refractivity (Wildman–Crippen MR) is 75.1 cm³/mol. The first-order valence-electron chi connectivity index (χ1n) is 5.61. The molecule has 0 amide bonds. The summed E-state index contributed by atoms with van der Waals surface area (Å²) in [5.41, 5.74) is 2.14. The van der Waals surface area contributed by atoms with Crippen molar-refractivity contribution in [3.8, 4) is 0 Å². The van der Waals surface area contributed by atoms with Gasteiger partial charge in [0.2, 0.25) is 0 Å². The third-order valence-corrected chi connectivity index (χ3v) is 2.28. The van der Waals surface area contributed by atoms with Crippen molar-refractivity contribution >= 4 is 12.0 Å². The van der Waals surface area contributed by atoms with Gasteiger partial charge in [-0.05, 0) is 30.2 Å². The Hall–Kier alpha value is -2.35. The van der Waals surface area contributed by atoms with Crippen LogP contribution < -0.4 is 0 Å². The first-order chi connectivity index (χ1) is 8.63. The molecule has 0 fully saturated rings. The summed E-state index contributed by atoms with van der Waals surface area (Å²) in [5.74, 6) is -0.916. The number of hydrogen-bond donors (Lipinski definition) is 1. The molecule has 0 unspecified atom stereocenters. The van der Waals surface area contributed by atoms with E-state index in [0.717, 1.165) is 11.1 Å². The number of rotatable bonds is 5. The Bertz CT molecular complexity index is 505. The summed E-state index contributed by atoms with van der Waals surface area (Å²) < 4.78 is 0. The van der Waals surface area contributed by atoms with Crippen LogP contribution in [-0.4, -0.2) is 11.1 Å². The van der Waals surface area contributed by atoms with Crippen LogP contribution in [0.25, 0.3) is 6.08 Å². The van der Waals surface area contributed by atoms with Gasteiger partial charge >= 0.3 is 5.97 Å². The molecule has 0 aliphatic carbocycles. The Balaban J connectivity index is 3.10. The second kappa shape index (κ2) is 7.07. The van der Waals surface area contributed by atoms with Gasteiger partial charge in [-0.3, -0.25) is 0 Å². The minimum atomic E-state index is -0.916. The molecular weight excluding hydrogens is 224 g/mol. The van der Waals surface area contributed by atoms with E-state index >= 15 is 0 Å². The molecule has 1 aromatic carbocycles. The highest BCUT2D eigenvalue weighted by molar-refractivity contribution is 5.87. The SMILES string of the molecule is C=CC=CC(=Cc1ccccc1)C=C(C)C(=O)O. The van der Waals surface area contributed by atoms with Crippen LogP contribution >= 0.6 is 0 Å². The predicted octanol–water partition coefficient (Wildman–Crippen LogP) is 3.84. The van der Waals surface area contributed by atoms with E-state index in [9.17, 15) is 4.79 Å². The van der Waals surface area contributed by atoms with Gasteiger partial charge in [0.15, 0.2) is 0 Å². The Morgan fingerprint density at radius 3 is 2.50 bits per heavy atom. The van der Waals surface area contributed by atoms with Crippen LogP contribution in [-0.2, 0) is 4.79 Å². The van der Waals surface area contributed by atoms with E-state index in [2.05, 4.69) is 6.58 Å². The summed E-state index contributed by atoms with van der Waals surface area (Å²) in [7, 11) is 0. The zero-order chi connectivity index (χ0) is 13.4. The average Bonchev–Trinajstić information content (AvgIpc) is 2.37. The van der Waals surface area contributed by atoms with E-state index in [4.69, 9.17) is 5.11 Å². The molecule has 0 heterocycles. The molecular formula is C16H16O2. The lowest BCUT2D eigenvalue weighted by molar-refractivity contribution is -0.132. The van der Waals surface area contributed by atoms with Crippen LogP contribution in [0.15, 0.2) is 72.4 Å². The maximum absolute atomic E-state index is 10.8. The number of carboxylic acids is 1. The van der Waals surface area contributed by atoms with Crippen molar-refractivity contribution in [1.29, 1.82) is 0 Å². The first-order valence-corrected chi connectivity index (χ1v) is 5.61. The number of benzene rings is 1. The largest absolute Gasteiger partial charge is 0.478 e. The Kier molecular flexibility index (Phi) is 5.39. The minimum Gasteiger partial charge on any atom is -0.478 e. The van der Waals surface area contributed by atoms with Crippen molar-refractivity contribution in [3.63, 3.8) is 0 Å². The smallest absolute Gasteiger partial charge is 0.331 e. The van der Waals surface area contributed by atoms with E-state index in [1.54, 1.807) is 25.2 Å². The van der Waals surface area contributed by atoms with Crippen LogP contribution in [0.2, 0.25) is 0 Å². The Morgan fingerprint density at radius 2 is 1.94 bits per heavy atom. The molecule has 0 aromatic heterocycles. The standard InChI is InChI=1S/C16H16O2/c1-3-4-8-15(11-13(2)16(17)18)12-14-9-6-5-7-10-14/h3-12H,1H2,2H3,(H,17,18). The third-order valence-electron chi connectivity index (χ3n) is 2.28. The number of allylic oxidation sites excluding steroid dienone is 5. The molecule has 0 saturated heterocycles. The summed E-state index contributed by atoms with van der Waals surface area (Å²) in [5, 5.41) is 8.88. The summed E-state index contributed by atoms with van der Waals surface area (Å²) in [6.45, 7) is 5.18. The normalized spacial score (nSPS) is 12.7. The number of aliphatic carboxylic acids is 1. The van der Waals surface area contributed by atoms with Gasteiger partial charge in [0.05, 0.1) is 0 Å². The third kappa shape index (κ3) is 4.66. The Labute approximate surface area is 107 Å². The second-order valence-corrected chi connectivity index (χ2v) is 3.78. The van der Waals surface area contributed by atoms with Crippen molar-refractivity contribution in [3.05, 3.63) is 77.9 Å². The highest BCUT2D eigenvalue weighted by atomic mass is 16.4. The number of carboxylic acid groups (broad SMARTS) is 1. The average molecular weight is 240 g/mol. The van der Waals surface area contributed by atoms with Gasteiger partial charge in [-0.25, -0.2) is 4.79 Å². The maximum Gasteiger partial charge on any atom is 0.331 e. The number of hydrogen-bond acceptors (Lipinski definition) is 1. The molecule has 1 aromatic rings. The van der Waals surface area contributed by atoms with Crippen LogP contribution in [0.5, 0.6) is 0 Å². The number of carbonyl (C=O) groups is 1. The molecule has 0 bridgehead atoms. The zero-order valence-electron chi connectivity index (χ0n) is 10.3. The maximum atomic E-state index is 10.8. The Morgan fingerprint density at radius 1 is 1.28 bits per heavy atom. The molecule has 0 aliphatic heterocycles. The zero-order valence-corrected chi connectivity index (χ0v) is 10.3. The van der Waals surface area contributed by atoms with Crippen molar-refractivity contribution in [2.45, 2.75) is 6.92 Å². The van der Waals surface area contributed by atoms with Crippen molar-refractivity contribution in [2.24, 2.45) is 0 Å². The highest BCUT2D eigenvalue weighted by Crippen LogP contribution is 2.11. The van der Waals surface area contributed by atoms with Crippen LogP contribution in [0.4, 0.5) is 0 Å². The van der Waals surface area contributed by atoms with Gasteiger partial charge in [-0.1, -0.05) is 55.1 Å². The molecule has 0 saturated carbocycles. The molecule has 0 atom stereocenters. The monoisotopic (exact) mass is 240 g/mol. The molecule has 92 valence electrons. The molecule has 0 aliphatic rings. The lowest BCUT2D eigenvalue weighted by atomic mass is 10.1. The lowest BCUT2D eigenvalue weighted by Gasteiger charge is -1.98. The van der Waals surface area contributed by atoms with Crippen molar-refractivity contribution < 1.29 is 9.90 Å². The van der Waals surface area contributed by atoms with Crippen LogP contribution in [0.3, 0.4) is 0 Å². The van der Waals surface area contributed by atoms with Crippen molar-refractivity contribution in [2.75, 3.05) is 0 Å². The van der Waals surface area contributed by atoms with Gasteiger partial charge in [0.1, 0.15) is 0 Å². The van der Waals surface area contributed by atoms with Gasteiger partial charge < -0.3 is 5.11 Å². The quantitative estimate of drug-likeness (QED) is 0.627. The fourth-order valence-corrected chi connectivity index (χ4v) is 1.37. The molecule has 0 radical (unpaired) electrons. The summed E-state index contributed by atoms with van der Waals surface area (Å²) >= 11 is 0. The fourth-order valence-electron chi connectivity index (χ4n) is 1.37. The molecule has 2 heteroatoms. The summed E-state index contributed by atoms with van der Waals surface area (Å²) in [4.78, 5) is 10.8. The summed E-state index contributed by atoms with van der Waals surface area (Å²) in [6, 6.07) is 9.75. The molecule has 2 nitrogen and oxygen atoms in total. The van der Waals surface area contributed by atoms with Crippen LogP contribution in [0.1, 0.15) is 12.5 Å². The van der Waals surface area contributed by atoms with Gasteiger partial charge in [-0.2, -0.15) is 0 Å². The van der Waals surface area contributed by atoms with E-state index in [1.165, 1.54) is 0 Å². The first kappa shape index (κ1) is 13.7. The van der Waals surface area contributed by atoms with Gasteiger partial charge in [0.25, 0.3) is 0 Å². The molecule has 1 N–H and O–H groups in total. The molecule has 0 spiro atoms. The lowest BCUT2D eigenvalue weighted by Crippen LogP contribution is -1.96. The highest BCUT2D eigenvalue weighted by Gasteiger charge is 2.00. The van der Waals surface area contributed by atoms with E-state index in [-0.39, 0.29) is 0 Å². The van der Waals surface area contributed by atoms with Gasteiger partial charge in [0, 0.05) is 5.57 Å². The van der Waals surface area contributed by atoms with E-state index in [1.807, 2.05) is 42.5 Å². The van der Waals surface area contributed by atoms with E-state index < -0.39 is 5.97 Å². The minimum absolute atomic E-state index is 0.297. The van der Waals surface area contributed by atoms with E-state index in [0.29, 0.717) is 5.57 Å². The van der Waals surface area contributed by atoms with Gasteiger partial charge in [-0.15, -0.1) is 0 Å². The summed E-state index contributed by atoms with van der Waals surface area (Å²) in [6.07, 6.45) is 8.82. The molecule has 18 heavy (non-hydrogen) atoms. The molecule has 1 rings (SSSR count). The van der Waals surface area contributed by atoms with Crippen LogP contribution in [0, 0.1) is 0 Å². The van der Waals surface area contributed by atoms with Crippen molar-refractivity contribution in [1.82, 2.24) is 0 Å². The topological polar surface area (TPSA) is 37.3 Å².